The Balaban J connectivity index is 0.00000480. The Morgan fingerprint density at radius 3 is 2.09 bits per heavy atom. The van der Waals surface area contributed by atoms with Crippen molar-refractivity contribution in [1.29, 1.82) is 0 Å². The summed E-state index contributed by atoms with van der Waals surface area (Å²) >= 11 is 0. The smallest absolute Gasteiger partial charge is 0.135 e. The fraction of sp³-hybridized carbons (Fsp3) is 0.286. The molecule has 56 heavy (non-hydrogen) atoms. The van der Waals surface area contributed by atoms with Crippen LogP contribution in [0.15, 0.2) is 97.2 Å². The summed E-state index contributed by atoms with van der Waals surface area (Å²) in [5, 5.41) is 2.22. The molecule has 1 aliphatic rings. The first-order valence-corrected chi connectivity index (χ1v) is 19.5. The van der Waals surface area contributed by atoms with E-state index in [0.717, 1.165) is 50.4 Å². The molecule has 6 nitrogen and oxygen atoms in total. The topological polar surface area (TPSA) is 46.4 Å². The Morgan fingerprint density at radius 2 is 1.41 bits per heavy atom. The molecule has 0 atom stereocenters. The Morgan fingerprint density at radius 1 is 0.732 bits per heavy atom. The zero-order valence-corrected chi connectivity index (χ0v) is 36.3. The molecule has 0 spiro atoms. The zero-order valence-electron chi connectivity index (χ0n) is 34.0. The van der Waals surface area contributed by atoms with Gasteiger partial charge >= 0.3 is 0 Å². The molecule has 0 amide bonds. The maximum absolute atomic E-state index is 6.78. The Kier molecular flexibility index (Phi) is 10.7. The predicted octanol–water partition coefficient (Wildman–Crippen LogP) is 13.0. The average Bonchev–Trinajstić information content (AvgIpc) is 3.68. The molecule has 0 saturated carbocycles. The third kappa shape index (κ3) is 7.13. The van der Waals surface area contributed by atoms with Crippen molar-refractivity contribution in [3.05, 3.63) is 138 Å². The molecule has 0 radical (unpaired) electrons. The Labute approximate surface area is 346 Å². The number of rotatable bonds is 8. The zero-order chi connectivity index (χ0) is 38.8. The second kappa shape index (κ2) is 15.2. The predicted molar refractivity (Wildman–Crippen MR) is 228 cm³/mol. The number of pyridine rings is 2. The van der Waals surface area contributed by atoms with Crippen molar-refractivity contribution in [1.82, 2.24) is 14.5 Å². The number of para-hydroxylation sites is 3. The van der Waals surface area contributed by atoms with Crippen LogP contribution in [0.5, 0.6) is 11.6 Å². The molecule has 4 heterocycles. The van der Waals surface area contributed by atoms with Crippen LogP contribution < -0.4 is 14.5 Å². The second-order valence-electron chi connectivity index (χ2n) is 16.8. The van der Waals surface area contributed by atoms with Gasteiger partial charge in [0.25, 0.3) is 0 Å². The van der Waals surface area contributed by atoms with Crippen LogP contribution in [0, 0.1) is 18.8 Å². The first-order valence-electron chi connectivity index (χ1n) is 19.5. The van der Waals surface area contributed by atoms with Gasteiger partial charge in [0.2, 0.25) is 0 Å². The van der Waals surface area contributed by atoms with E-state index in [1.807, 2.05) is 12.3 Å². The molecular weight excluding hydrogens is 870 g/mol. The standard InChI is InChI=1S/C49H50N5O.Pt/c1-30(2)33-23-39(31(3)4)48(40(24-33)32(5)6)41-26-35(53-29-52(10)43-17-13-14-18-44(43)53)27-47(51-41)55-36-19-20-38-37-15-11-12-16-42(37)54(45(38)28-36)46-25-34(21-22-50-46)49(7,8)9;/h11-26,29-32H,1-10H3;/q-3;. The normalized spacial score (nSPS) is 13.0. The van der Waals surface area contributed by atoms with Gasteiger partial charge < -0.3 is 19.1 Å². The quantitative estimate of drug-likeness (QED) is 0.142. The number of hydrogen-bond acceptors (Lipinski definition) is 5. The van der Waals surface area contributed by atoms with Crippen molar-refractivity contribution in [3.8, 4) is 28.7 Å². The van der Waals surface area contributed by atoms with Gasteiger partial charge in [-0.2, -0.15) is 30.6 Å². The summed E-state index contributed by atoms with van der Waals surface area (Å²) in [6, 6.07) is 39.4. The minimum Gasteiger partial charge on any atom is -0.504 e. The summed E-state index contributed by atoms with van der Waals surface area (Å²) in [7, 11) is 2.08. The fourth-order valence-electron chi connectivity index (χ4n) is 7.74. The van der Waals surface area contributed by atoms with Crippen molar-refractivity contribution >= 4 is 38.9 Å². The molecule has 290 valence electrons. The van der Waals surface area contributed by atoms with Crippen LogP contribution in [-0.4, -0.2) is 21.6 Å². The summed E-state index contributed by atoms with van der Waals surface area (Å²) in [6.45, 7) is 22.4. The van der Waals surface area contributed by atoms with Crippen LogP contribution in [-0.2, 0) is 26.5 Å². The van der Waals surface area contributed by atoms with Gasteiger partial charge in [0.05, 0.1) is 0 Å². The summed E-state index contributed by atoms with van der Waals surface area (Å²) in [5.41, 5.74) is 12.2. The summed E-state index contributed by atoms with van der Waals surface area (Å²) in [5.74, 6) is 2.78. The van der Waals surface area contributed by atoms with Gasteiger partial charge in [0, 0.05) is 49.9 Å². The van der Waals surface area contributed by atoms with E-state index in [1.165, 1.54) is 27.8 Å². The van der Waals surface area contributed by atoms with Crippen molar-refractivity contribution < 1.29 is 25.8 Å². The van der Waals surface area contributed by atoms with Crippen molar-refractivity contribution in [2.24, 2.45) is 0 Å². The molecule has 1 aliphatic heterocycles. The van der Waals surface area contributed by atoms with Crippen LogP contribution in [0.1, 0.15) is 102 Å². The summed E-state index contributed by atoms with van der Waals surface area (Å²) in [6.07, 6.45) is 1.90. The second-order valence-corrected chi connectivity index (χ2v) is 16.8. The number of hydrogen-bond donors (Lipinski definition) is 0. The van der Waals surface area contributed by atoms with E-state index in [1.54, 1.807) is 0 Å². The SMILES string of the molecule is CC(C)c1cc(C(C)C)c(-c2cc(N3[CH-]N(C)c4ccccc43)[c-]c(Oc3[c-]c4c(cc3)c3ccccc3n4-c3cc(C(C)(C)C)ccn3)n2)c(C(C)C)c1.[Pt]. The minimum absolute atomic E-state index is 0. The maximum Gasteiger partial charge on any atom is 0.135 e. The van der Waals surface area contributed by atoms with Gasteiger partial charge in [-0.1, -0.05) is 110 Å². The maximum atomic E-state index is 6.78. The molecule has 0 bridgehead atoms. The van der Waals surface area contributed by atoms with Gasteiger partial charge in [-0.3, -0.25) is 4.98 Å². The van der Waals surface area contributed by atoms with Crippen LogP contribution in [0.3, 0.4) is 0 Å². The third-order valence-electron chi connectivity index (χ3n) is 10.8. The molecule has 0 aliphatic carbocycles. The van der Waals surface area contributed by atoms with Crippen LogP contribution in [0.25, 0.3) is 38.9 Å². The monoisotopic (exact) mass is 919 g/mol. The molecular formula is C49H50N5OPt-3. The average molecular weight is 920 g/mol. The third-order valence-corrected chi connectivity index (χ3v) is 10.8. The molecule has 0 unspecified atom stereocenters. The Bertz CT molecular complexity index is 2530. The van der Waals surface area contributed by atoms with Crippen LogP contribution in [0.4, 0.5) is 17.1 Å². The molecule has 8 rings (SSSR count). The number of ether oxygens (including phenoxy) is 1. The minimum atomic E-state index is -0.0271. The van der Waals surface area contributed by atoms with E-state index in [-0.39, 0.29) is 26.5 Å². The molecule has 0 fully saturated rings. The van der Waals surface area contributed by atoms with Crippen molar-refractivity contribution in [2.75, 3.05) is 16.8 Å². The van der Waals surface area contributed by atoms with Crippen molar-refractivity contribution in [2.45, 2.75) is 85.5 Å². The van der Waals surface area contributed by atoms with E-state index < -0.39 is 0 Å². The molecule has 0 N–H and O–H groups in total. The fourth-order valence-corrected chi connectivity index (χ4v) is 7.74. The van der Waals surface area contributed by atoms with Crippen LogP contribution in [0.2, 0.25) is 0 Å². The molecule has 4 aromatic carbocycles. The van der Waals surface area contributed by atoms with Gasteiger partial charge in [-0.05, 0) is 99.4 Å². The summed E-state index contributed by atoms with van der Waals surface area (Å²) in [4.78, 5) is 14.5. The van der Waals surface area contributed by atoms with E-state index in [4.69, 9.17) is 14.7 Å². The van der Waals surface area contributed by atoms with E-state index in [9.17, 15) is 0 Å². The first kappa shape index (κ1) is 39.3. The number of anilines is 3. The van der Waals surface area contributed by atoms with Crippen LogP contribution >= 0.6 is 0 Å². The number of nitrogens with zero attached hydrogens (tertiary/aromatic N) is 5. The number of fused-ring (bicyclic) bond motifs is 4. The molecule has 7 aromatic rings. The van der Waals surface area contributed by atoms with E-state index in [0.29, 0.717) is 29.4 Å². The first-order chi connectivity index (χ1) is 26.3. The molecule has 0 saturated heterocycles. The largest absolute Gasteiger partial charge is 0.504 e. The van der Waals surface area contributed by atoms with Gasteiger partial charge in [-0.15, -0.1) is 17.5 Å². The molecule has 3 aromatic heterocycles. The Hall–Kier alpha value is -4.93. The van der Waals surface area contributed by atoms with Gasteiger partial charge in [-0.25, -0.2) is 4.98 Å². The van der Waals surface area contributed by atoms with Gasteiger partial charge in [0.1, 0.15) is 11.7 Å². The van der Waals surface area contributed by atoms with E-state index >= 15 is 0 Å². The summed E-state index contributed by atoms with van der Waals surface area (Å²) < 4.78 is 8.97. The number of benzene rings is 4. The van der Waals surface area contributed by atoms with E-state index in [2.05, 4.69) is 187 Å². The molecule has 7 heteroatoms. The van der Waals surface area contributed by atoms with Gasteiger partial charge in [0.15, 0.2) is 0 Å². The van der Waals surface area contributed by atoms with Crippen molar-refractivity contribution in [3.63, 3.8) is 0 Å². The number of aromatic nitrogens is 3.